The smallest absolute Gasteiger partial charge is 0.349 e. The van der Waals surface area contributed by atoms with E-state index in [-0.39, 0.29) is 6.04 Å². The van der Waals surface area contributed by atoms with Crippen LogP contribution in [0.1, 0.15) is 35.7 Å². The van der Waals surface area contributed by atoms with E-state index in [0.29, 0.717) is 12.0 Å². The molecule has 0 radical (unpaired) electrons. The standard InChI is InChI=1S/C13H13F4NO/c1-7-5-8(6-7)18-12(19)9-3-2-4-10(11(9)14)13(15,16)17/h2-4,7-8H,5-6H2,1H3,(H,18,19). The van der Waals surface area contributed by atoms with Crippen LogP contribution in [0, 0.1) is 11.7 Å². The van der Waals surface area contributed by atoms with E-state index in [4.69, 9.17) is 0 Å². The molecule has 1 fully saturated rings. The molecule has 1 saturated carbocycles. The molecule has 1 aliphatic carbocycles. The number of benzene rings is 1. The van der Waals surface area contributed by atoms with Gasteiger partial charge in [0.2, 0.25) is 0 Å². The predicted molar refractivity (Wildman–Crippen MR) is 61.1 cm³/mol. The maximum absolute atomic E-state index is 13.7. The fourth-order valence-corrected chi connectivity index (χ4v) is 2.21. The number of rotatable bonds is 2. The van der Waals surface area contributed by atoms with Crippen molar-refractivity contribution < 1.29 is 22.4 Å². The number of alkyl halides is 3. The molecule has 0 unspecified atom stereocenters. The van der Waals surface area contributed by atoms with Gasteiger partial charge in [-0.3, -0.25) is 4.79 Å². The average Bonchev–Trinajstić information content (AvgIpc) is 2.25. The lowest BCUT2D eigenvalue weighted by molar-refractivity contribution is -0.140. The van der Waals surface area contributed by atoms with Gasteiger partial charge in [-0.25, -0.2) is 4.39 Å². The van der Waals surface area contributed by atoms with Crippen LogP contribution >= 0.6 is 0 Å². The third kappa shape index (κ3) is 2.88. The summed E-state index contributed by atoms with van der Waals surface area (Å²) in [7, 11) is 0. The molecule has 0 bridgehead atoms. The SMILES string of the molecule is CC1CC(NC(=O)c2cccc(C(F)(F)F)c2F)C1. The van der Waals surface area contributed by atoms with Gasteiger partial charge in [0.25, 0.3) is 5.91 Å². The van der Waals surface area contributed by atoms with Gasteiger partial charge in [-0.15, -0.1) is 0 Å². The van der Waals surface area contributed by atoms with Crippen molar-refractivity contribution in [1.82, 2.24) is 5.32 Å². The Morgan fingerprint density at radius 1 is 1.32 bits per heavy atom. The summed E-state index contributed by atoms with van der Waals surface area (Å²) in [5, 5.41) is 2.54. The lowest BCUT2D eigenvalue weighted by Crippen LogP contribution is -2.43. The summed E-state index contributed by atoms with van der Waals surface area (Å²) < 4.78 is 51.2. The molecule has 0 spiro atoms. The summed E-state index contributed by atoms with van der Waals surface area (Å²) in [5.74, 6) is -1.82. The third-order valence-corrected chi connectivity index (χ3v) is 3.26. The fourth-order valence-electron chi connectivity index (χ4n) is 2.21. The quantitative estimate of drug-likeness (QED) is 0.824. The van der Waals surface area contributed by atoms with Gasteiger partial charge in [0, 0.05) is 6.04 Å². The number of hydrogen-bond acceptors (Lipinski definition) is 1. The predicted octanol–water partition coefficient (Wildman–Crippen LogP) is 3.37. The largest absolute Gasteiger partial charge is 0.419 e. The highest BCUT2D eigenvalue weighted by molar-refractivity contribution is 5.95. The van der Waals surface area contributed by atoms with Gasteiger partial charge in [0.1, 0.15) is 5.82 Å². The van der Waals surface area contributed by atoms with Crippen LogP contribution in [0.3, 0.4) is 0 Å². The molecule has 1 aromatic rings. The molecule has 0 heterocycles. The Morgan fingerprint density at radius 2 is 1.95 bits per heavy atom. The fraction of sp³-hybridized carbons (Fsp3) is 0.462. The van der Waals surface area contributed by atoms with E-state index in [0.717, 1.165) is 25.0 Å². The van der Waals surface area contributed by atoms with Gasteiger partial charge in [0.15, 0.2) is 0 Å². The number of amides is 1. The molecule has 1 amide bonds. The van der Waals surface area contributed by atoms with Crippen molar-refractivity contribution in [2.24, 2.45) is 5.92 Å². The van der Waals surface area contributed by atoms with Gasteiger partial charge in [-0.05, 0) is 30.9 Å². The van der Waals surface area contributed by atoms with E-state index in [2.05, 4.69) is 5.32 Å². The summed E-state index contributed by atoms with van der Waals surface area (Å²) in [6.07, 6.45) is -3.26. The van der Waals surface area contributed by atoms with Crippen molar-refractivity contribution >= 4 is 5.91 Å². The molecule has 0 saturated heterocycles. The Kier molecular flexibility index (Phi) is 3.52. The molecule has 0 aliphatic heterocycles. The molecule has 1 aromatic carbocycles. The molecular formula is C13H13F4NO. The van der Waals surface area contributed by atoms with Crippen molar-refractivity contribution in [2.75, 3.05) is 0 Å². The van der Waals surface area contributed by atoms with Gasteiger partial charge in [-0.2, -0.15) is 13.2 Å². The zero-order chi connectivity index (χ0) is 14.2. The zero-order valence-corrected chi connectivity index (χ0v) is 10.2. The number of halogens is 4. The third-order valence-electron chi connectivity index (χ3n) is 3.26. The molecule has 2 nitrogen and oxygen atoms in total. The van der Waals surface area contributed by atoms with Crippen LogP contribution in [0.5, 0.6) is 0 Å². The van der Waals surface area contributed by atoms with Crippen molar-refractivity contribution in [3.8, 4) is 0 Å². The zero-order valence-electron chi connectivity index (χ0n) is 10.2. The molecular weight excluding hydrogens is 262 g/mol. The van der Waals surface area contributed by atoms with Crippen molar-refractivity contribution in [3.63, 3.8) is 0 Å². The Labute approximate surface area is 107 Å². The maximum atomic E-state index is 13.7. The van der Waals surface area contributed by atoms with E-state index in [1.165, 1.54) is 0 Å². The monoisotopic (exact) mass is 275 g/mol. The molecule has 104 valence electrons. The first-order chi connectivity index (χ1) is 8.79. The van der Waals surface area contributed by atoms with Crippen LogP contribution in [0.4, 0.5) is 17.6 Å². The van der Waals surface area contributed by atoms with Crippen LogP contribution in [0.2, 0.25) is 0 Å². The highest BCUT2D eigenvalue weighted by Crippen LogP contribution is 2.32. The number of hydrogen-bond donors (Lipinski definition) is 1. The highest BCUT2D eigenvalue weighted by Gasteiger charge is 2.36. The number of carbonyl (C=O) groups is 1. The van der Waals surface area contributed by atoms with Crippen LogP contribution in [-0.2, 0) is 6.18 Å². The van der Waals surface area contributed by atoms with Gasteiger partial charge < -0.3 is 5.32 Å². The number of nitrogens with one attached hydrogen (secondary N) is 1. The average molecular weight is 275 g/mol. The molecule has 1 N–H and O–H groups in total. The van der Waals surface area contributed by atoms with E-state index in [1.54, 1.807) is 0 Å². The molecule has 0 aromatic heterocycles. The van der Waals surface area contributed by atoms with Gasteiger partial charge in [0.05, 0.1) is 11.1 Å². The second-order valence-corrected chi connectivity index (χ2v) is 4.91. The number of carbonyl (C=O) groups excluding carboxylic acids is 1. The highest BCUT2D eigenvalue weighted by atomic mass is 19.4. The molecule has 0 atom stereocenters. The second-order valence-electron chi connectivity index (χ2n) is 4.91. The van der Waals surface area contributed by atoms with Crippen LogP contribution in [0.25, 0.3) is 0 Å². The Morgan fingerprint density at radius 3 is 2.47 bits per heavy atom. The van der Waals surface area contributed by atoms with Crippen LogP contribution < -0.4 is 5.32 Å². The minimum atomic E-state index is -4.80. The van der Waals surface area contributed by atoms with E-state index >= 15 is 0 Å². The molecule has 19 heavy (non-hydrogen) atoms. The summed E-state index contributed by atoms with van der Waals surface area (Å²) >= 11 is 0. The maximum Gasteiger partial charge on any atom is 0.419 e. The second kappa shape index (κ2) is 4.83. The molecule has 2 rings (SSSR count). The van der Waals surface area contributed by atoms with E-state index < -0.39 is 29.0 Å². The minimum absolute atomic E-state index is 0.0727. The topological polar surface area (TPSA) is 29.1 Å². The first-order valence-electron chi connectivity index (χ1n) is 5.95. The summed E-state index contributed by atoms with van der Waals surface area (Å²) in [6, 6.07) is 2.64. The Bertz CT molecular complexity index is 492. The first-order valence-corrected chi connectivity index (χ1v) is 5.95. The van der Waals surface area contributed by atoms with Crippen molar-refractivity contribution in [3.05, 3.63) is 35.1 Å². The lowest BCUT2D eigenvalue weighted by Gasteiger charge is -2.33. The van der Waals surface area contributed by atoms with E-state index in [9.17, 15) is 22.4 Å². The Hall–Kier alpha value is -1.59. The van der Waals surface area contributed by atoms with E-state index in [1.807, 2.05) is 6.92 Å². The first kappa shape index (κ1) is 13.8. The lowest BCUT2D eigenvalue weighted by atomic mass is 9.82. The van der Waals surface area contributed by atoms with Gasteiger partial charge >= 0.3 is 6.18 Å². The summed E-state index contributed by atoms with van der Waals surface area (Å²) in [4.78, 5) is 11.7. The summed E-state index contributed by atoms with van der Waals surface area (Å²) in [5.41, 5.74) is -1.98. The Balaban J connectivity index is 2.18. The summed E-state index contributed by atoms with van der Waals surface area (Å²) in [6.45, 7) is 2.01. The van der Waals surface area contributed by atoms with Crippen LogP contribution in [0.15, 0.2) is 18.2 Å². The van der Waals surface area contributed by atoms with Crippen molar-refractivity contribution in [1.29, 1.82) is 0 Å². The van der Waals surface area contributed by atoms with Gasteiger partial charge in [-0.1, -0.05) is 13.0 Å². The normalized spacial score (nSPS) is 22.8. The minimum Gasteiger partial charge on any atom is -0.349 e. The van der Waals surface area contributed by atoms with Crippen LogP contribution in [-0.4, -0.2) is 11.9 Å². The molecule has 6 heteroatoms. The van der Waals surface area contributed by atoms with Crippen molar-refractivity contribution in [2.45, 2.75) is 32.0 Å². The molecule has 1 aliphatic rings.